The fourth-order valence-electron chi connectivity index (χ4n) is 3.32. The van der Waals surface area contributed by atoms with E-state index >= 15 is 0 Å². The summed E-state index contributed by atoms with van der Waals surface area (Å²) in [5.74, 6) is 3.63. The third-order valence-corrected chi connectivity index (χ3v) is 4.96. The van der Waals surface area contributed by atoms with Gasteiger partial charge in [0.1, 0.15) is 5.75 Å². The first kappa shape index (κ1) is 24.1. The summed E-state index contributed by atoms with van der Waals surface area (Å²) in [5.41, 5.74) is 1.70. The van der Waals surface area contributed by atoms with Gasteiger partial charge in [0.25, 0.3) is 0 Å². The summed E-state index contributed by atoms with van der Waals surface area (Å²) < 4.78 is 45.5. The van der Waals surface area contributed by atoms with E-state index in [9.17, 15) is 28.2 Å². The Kier molecular flexibility index (Phi) is 7.56. The number of aromatic hydroxyl groups is 1. The van der Waals surface area contributed by atoms with Crippen LogP contribution in [0.2, 0.25) is 0 Å². The molecule has 0 radical (unpaired) electrons. The molecule has 172 valence electrons. The second-order valence-corrected chi connectivity index (χ2v) is 7.54. The van der Waals surface area contributed by atoms with Gasteiger partial charge in [0, 0.05) is 35.6 Å². The number of aryl methyl sites for hydroxylation is 1. The summed E-state index contributed by atoms with van der Waals surface area (Å²) in [4.78, 5) is 15.7. The van der Waals surface area contributed by atoms with E-state index in [1.807, 2.05) is 13.0 Å². The number of hydrogen-bond acceptors (Lipinski definition) is 4. The van der Waals surface area contributed by atoms with Crippen molar-refractivity contribution in [1.29, 1.82) is 0 Å². The van der Waals surface area contributed by atoms with Crippen molar-refractivity contribution in [2.45, 2.75) is 32.4 Å². The number of rotatable bonds is 7. The fraction of sp³-hybridized carbons (Fsp3) is 0.280. The lowest BCUT2D eigenvalue weighted by molar-refractivity contribution is -0.137. The molecule has 0 saturated carbocycles. The molecule has 1 heterocycles. The maximum atomic E-state index is 13.3. The minimum Gasteiger partial charge on any atom is -0.508 e. The van der Waals surface area contributed by atoms with Gasteiger partial charge in [-0.25, -0.2) is 4.79 Å². The summed E-state index contributed by atoms with van der Waals surface area (Å²) in [6.45, 7) is 2.75. The number of ether oxygens (including phenoxy) is 1. The fourth-order valence-corrected chi connectivity index (χ4v) is 3.32. The SMILES string of the molecule is CC1=CCC(COCCCc2cc(C(=O)O)ccc2C#Cc2ccc(O)cc2C(F)(F)F)=N1. The molecule has 33 heavy (non-hydrogen) atoms. The molecule has 0 fully saturated rings. The van der Waals surface area contributed by atoms with Gasteiger partial charge in [0.2, 0.25) is 0 Å². The van der Waals surface area contributed by atoms with Crippen molar-refractivity contribution in [3.8, 4) is 17.6 Å². The van der Waals surface area contributed by atoms with Gasteiger partial charge in [-0.3, -0.25) is 4.99 Å². The zero-order valence-corrected chi connectivity index (χ0v) is 17.9. The van der Waals surface area contributed by atoms with E-state index in [0.29, 0.717) is 43.2 Å². The van der Waals surface area contributed by atoms with Crippen LogP contribution in [0.15, 0.2) is 53.2 Å². The highest BCUT2D eigenvalue weighted by Gasteiger charge is 2.33. The van der Waals surface area contributed by atoms with Crippen molar-refractivity contribution in [1.82, 2.24) is 0 Å². The first-order valence-electron chi connectivity index (χ1n) is 10.2. The van der Waals surface area contributed by atoms with E-state index in [-0.39, 0.29) is 11.1 Å². The number of hydrogen-bond donors (Lipinski definition) is 2. The number of allylic oxidation sites excluding steroid dienone is 2. The van der Waals surface area contributed by atoms with Crippen LogP contribution in [0.25, 0.3) is 0 Å². The highest BCUT2D eigenvalue weighted by atomic mass is 19.4. The number of benzene rings is 2. The first-order valence-corrected chi connectivity index (χ1v) is 10.2. The predicted octanol–water partition coefficient (Wildman–Crippen LogP) is 5.21. The molecule has 1 aliphatic heterocycles. The lowest BCUT2D eigenvalue weighted by atomic mass is 9.99. The van der Waals surface area contributed by atoms with Crippen LogP contribution in [-0.4, -0.2) is 35.1 Å². The third kappa shape index (κ3) is 6.70. The topological polar surface area (TPSA) is 79.1 Å². The number of aromatic carboxylic acids is 1. The highest BCUT2D eigenvalue weighted by molar-refractivity contribution is 5.89. The summed E-state index contributed by atoms with van der Waals surface area (Å²) in [6, 6.07) is 7.19. The van der Waals surface area contributed by atoms with E-state index in [4.69, 9.17) is 4.74 Å². The summed E-state index contributed by atoms with van der Waals surface area (Å²) in [6.07, 6.45) is -0.877. The Labute approximate surface area is 189 Å². The molecule has 0 atom stereocenters. The molecule has 0 bridgehead atoms. The van der Waals surface area contributed by atoms with Gasteiger partial charge in [-0.15, -0.1) is 0 Å². The molecule has 0 aliphatic carbocycles. The van der Waals surface area contributed by atoms with Crippen molar-refractivity contribution in [3.05, 3.63) is 76.0 Å². The zero-order chi connectivity index (χ0) is 24.0. The Morgan fingerprint density at radius 2 is 1.88 bits per heavy atom. The van der Waals surface area contributed by atoms with Crippen LogP contribution < -0.4 is 0 Å². The Balaban J connectivity index is 1.75. The van der Waals surface area contributed by atoms with Crippen molar-refractivity contribution in [3.63, 3.8) is 0 Å². The molecule has 0 amide bonds. The molecule has 0 unspecified atom stereocenters. The van der Waals surface area contributed by atoms with Crippen molar-refractivity contribution < 1.29 is 32.9 Å². The average molecular weight is 457 g/mol. The second kappa shape index (κ2) is 10.4. The minimum absolute atomic E-state index is 0.0685. The van der Waals surface area contributed by atoms with E-state index in [0.717, 1.165) is 30.0 Å². The van der Waals surface area contributed by atoms with E-state index in [1.54, 1.807) is 0 Å². The number of carboxylic acids is 1. The number of carboxylic acid groups (broad SMARTS) is 1. The number of carbonyl (C=O) groups is 1. The van der Waals surface area contributed by atoms with Gasteiger partial charge in [0.15, 0.2) is 0 Å². The molecule has 2 aromatic rings. The summed E-state index contributed by atoms with van der Waals surface area (Å²) >= 11 is 0. The number of phenols is 1. The number of nitrogens with zero attached hydrogens (tertiary/aromatic N) is 1. The number of phenolic OH excluding ortho intramolecular Hbond substituents is 1. The smallest absolute Gasteiger partial charge is 0.417 e. The van der Waals surface area contributed by atoms with Crippen LogP contribution in [0.5, 0.6) is 5.75 Å². The molecule has 5 nitrogen and oxygen atoms in total. The molecule has 8 heteroatoms. The number of halogens is 3. The Bertz CT molecular complexity index is 1170. The summed E-state index contributed by atoms with van der Waals surface area (Å²) in [5, 5.41) is 18.7. The van der Waals surface area contributed by atoms with E-state index in [2.05, 4.69) is 16.8 Å². The normalized spacial score (nSPS) is 13.2. The highest BCUT2D eigenvalue weighted by Crippen LogP contribution is 2.33. The molecule has 0 aromatic heterocycles. The molecule has 1 aliphatic rings. The van der Waals surface area contributed by atoms with Crippen molar-refractivity contribution in [2.24, 2.45) is 4.99 Å². The van der Waals surface area contributed by atoms with E-state index < -0.39 is 23.5 Å². The van der Waals surface area contributed by atoms with Crippen LogP contribution in [0.1, 0.15) is 52.4 Å². The van der Waals surface area contributed by atoms with Crippen LogP contribution in [0.4, 0.5) is 13.2 Å². The maximum Gasteiger partial charge on any atom is 0.417 e. The van der Waals surface area contributed by atoms with Gasteiger partial charge < -0.3 is 14.9 Å². The van der Waals surface area contributed by atoms with Crippen LogP contribution in [0, 0.1) is 11.8 Å². The number of alkyl halides is 3. The van der Waals surface area contributed by atoms with Crippen molar-refractivity contribution >= 4 is 11.7 Å². The molecule has 2 aromatic carbocycles. The Morgan fingerprint density at radius 3 is 2.55 bits per heavy atom. The summed E-state index contributed by atoms with van der Waals surface area (Å²) in [7, 11) is 0. The third-order valence-electron chi connectivity index (χ3n) is 4.96. The van der Waals surface area contributed by atoms with Gasteiger partial charge in [-0.1, -0.05) is 17.9 Å². The quantitative estimate of drug-likeness (QED) is 0.442. The van der Waals surface area contributed by atoms with Crippen molar-refractivity contribution in [2.75, 3.05) is 13.2 Å². The van der Waals surface area contributed by atoms with Gasteiger partial charge in [0.05, 0.1) is 17.7 Å². The number of aliphatic imine (C=N–C) groups is 1. The molecule has 3 rings (SSSR count). The molecule has 0 spiro atoms. The monoisotopic (exact) mass is 457 g/mol. The molecule has 2 N–H and O–H groups in total. The second-order valence-electron chi connectivity index (χ2n) is 7.54. The Hall–Kier alpha value is -3.57. The molecular weight excluding hydrogens is 435 g/mol. The maximum absolute atomic E-state index is 13.3. The van der Waals surface area contributed by atoms with Crippen LogP contribution in [0.3, 0.4) is 0 Å². The average Bonchev–Trinajstić information content (AvgIpc) is 3.17. The predicted molar refractivity (Wildman–Crippen MR) is 117 cm³/mol. The first-order chi connectivity index (χ1) is 15.6. The lowest BCUT2D eigenvalue weighted by Crippen LogP contribution is -2.08. The van der Waals surface area contributed by atoms with Gasteiger partial charge in [-0.2, -0.15) is 13.2 Å². The van der Waals surface area contributed by atoms with Crippen LogP contribution >= 0.6 is 0 Å². The Morgan fingerprint density at radius 1 is 1.15 bits per heavy atom. The standard InChI is InChI=1S/C25H22F3NO4/c1-16-4-10-21(29-16)15-33-12-2-3-19-13-20(24(31)32)8-6-17(19)5-7-18-9-11-22(30)14-23(18)25(26,27)28/h4,6,8-9,11,13-14,30H,2-3,10,12,15H2,1H3,(H,31,32). The zero-order valence-electron chi connectivity index (χ0n) is 17.9. The largest absolute Gasteiger partial charge is 0.508 e. The lowest BCUT2D eigenvalue weighted by Gasteiger charge is -2.10. The molecule has 0 saturated heterocycles. The molecular formula is C25H22F3NO4. The minimum atomic E-state index is -4.67. The van der Waals surface area contributed by atoms with Gasteiger partial charge in [-0.05, 0) is 61.7 Å². The van der Waals surface area contributed by atoms with Crippen LogP contribution in [-0.2, 0) is 17.3 Å². The van der Waals surface area contributed by atoms with E-state index in [1.165, 1.54) is 18.2 Å². The van der Waals surface area contributed by atoms with Gasteiger partial charge >= 0.3 is 12.1 Å².